The Hall–Kier alpha value is -3.51. The summed E-state index contributed by atoms with van der Waals surface area (Å²) in [5.41, 5.74) is 2.26. The summed E-state index contributed by atoms with van der Waals surface area (Å²) in [4.78, 5) is 28.4. The van der Waals surface area contributed by atoms with Crippen LogP contribution in [-0.4, -0.2) is 39.9 Å². The van der Waals surface area contributed by atoms with Crippen molar-refractivity contribution in [1.29, 1.82) is 0 Å². The van der Waals surface area contributed by atoms with Crippen LogP contribution in [0, 0.1) is 11.2 Å². The van der Waals surface area contributed by atoms with Gasteiger partial charge in [-0.1, -0.05) is 29.8 Å². The van der Waals surface area contributed by atoms with Crippen LogP contribution in [0.15, 0.2) is 60.7 Å². The highest BCUT2D eigenvalue weighted by molar-refractivity contribution is 7.87. The molecular weight excluding hydrogens is 571 g/mol. The van der Waals surface area contributed by atoms with Gasteiger partial charge in [-0.05, 0) is 85.5 Å². The van der Waals surface area contributed by atoms with E-state index in [2.05, 4.69) is 10.0 Å². The molecule has 0 bridgehead atoms. The molecule has 2 amide bonds. The van der Waals surface area contributed by atoms with Gasteiger partial charge in [0.1, 0.15) is 11.6 Å². The summed E-state index contributed by atoms with van der Waals surface area (Å²) in [5, 5.41) is 7.99. The minimum atomic E-state index is -3.81. The molecule has 1 saturated carbocycles. The zero-order chi connectivity index (χ0) is 29.4. The molecule has 9 nitrogen and oxygen atoms in total. The molecule has 3 aromatic carbocycles. The van der Waals surface area contributed by atoms with Crippen molar-refractivity contribution in [2.24, 2.45) is 10.6 Å². The number of fused-ring (bicyclic) bond motifs is 1. The lowest BCUT2D eigenvalue weighted by molar-refractivity contribution is 0.0983. The van der Waals surface area contributed by atoms with Crippen LogP contribution < -0.4 is 24.8 Å². The Kier molecular flexibility index (Phi) is 8.06. The van der Waals surface area contributed by atoms with Gasteiger partial charge in [-0.15, -0.1) is 0 Å². The largest absolute Gasteiger partial charge is 0.495 e. The van der Waals surface area contributed by atoms with Crippen molar-refractivity contribution in [2.45, 2.75) is 38.1 Å². The molecule has 2 atom stereocenters. The molecule has 1 fully saturated rings. The molecule has 1 aliphatic carbocycles. The predicted molar refractivity (Wildman–Crippen MR) is 155 cm³/mol. The van der Waals surface area contributed by atoms with E-state index in [4.69, 9.17) is 21.5 Å². The maximum atomic E-state index is 13.9. The van der Waals surface area contributed by atoms with Gasteiger partial charge in [-0.3, -0.25) is 9.59 Å². The number of rotatable bonds is 6. The molecule has 0 saturated heterocycles. The molecule has 5 rings (SSSR count). The van der Waals surface area contributed by atoms with E-state index in [9.17, 15) is 22.4 Å². The third kappa shape index (κ3) is 6.38. The van der Waals surface area contributed by atoms with Crippen molar-refractivity contribution in [1.82, 2.24) is 4.72 Å². The Morgan fingerprint density at radius 2 is 1.90 bits per heavy atom. The monoisotopic (exact) mass is 600 g/mol. The first kappa shape index (κ1) is 29.0. The Bertz CT molecular complexity index is 1620. The highest BCUT2D eigenvalue weighted by Gasteiger charge is 2.43. The fourth-order valence-electron chi connectivity index (χ4n) is 5.97. The van der Waals surface area contributed by atoms with Gasteiger partial charge in [0.05, 0.1) is 23.4 Å². The van der Waals surface area contributed by atoms with Gasteiger partial charge in [0, 0.05) is 23.8 Å². The fourth-order valence-corrected chi connectivity index (χ4v) is 6.84. The maximum Gasteiger partial charge on any atom is 0.274 e. The number of anilines is 2. The van der Waals surface area contributed by atoms with E-state index < -0.39 is 21.9 Å². The standard InChI is InChI=1S/C29H30ClFN4O5S/c1-40-26-14-18(6-9-24(26)33-27(36)22-15-20(31)7-8-23(22)30)28(37)35-13-12-29(16-19-4-2-3-5-25(19)35)11-10-21(17-29)34-41(32,38)39/h2-9,14-15,21,34H,10-13,16-17H2,1H3,(H,33,36)(H2,32,38,39)/t21-,29+/m1/s1. The lowest BCUT2D eigenvalue weighted by atomic mass is 9.77. The van der Waals surface area contributed by atoms with Crippen LogP contribution in [0.5, 0.6) is 5.75 Å². The van der Waals surface area contributed by atoms with Gasteiger partial charge in [0.25, 0.3) is 22.0 Å². The summed E-state index contributed by atoms with van der Waals surface area (Å²) < 4.78 is 44.9. The lowest BCUT2D eigenvalue weighted by Gasteiger charge is -2.28. The topological polar surface area (TPSA) is 131 Å². The minimum Gasteiger partial charge on any atom is -0.495 e. The number of methoxy groups -OCH3 is 1. The molecule has 3 aromatic rings. The number of carbonyl (C=O) groups is 2. The molecule has 41 heavy (non-hydrogen) atoms. The predicted octanol–water partition coefficient (Wildman–Crippen LogP) is 4.67. The van der Waals surface area contributed by atoms with E-state index in [1.807, 2.05) is 24.3 Å². The number of hydrogen-bond donors (Lipinski definition) is 3. The Balaban J connectivity index is 1.39. The summed E-state index contributed by atoms with van der Waals surface area (Å²) in [5.74, 6) is -1.20. The van der Waals surface area contributed by atoms with Gasteiger partial charge in [-0.25, -0.2) is 9.53 Å². The van der Waals surface area contributed by atoms with Crippen LogP contribution in [0.25, 0.3) is 0 Å². The SMILES string of the molecule is COc1cc(C(=O)N2CC[C@@]3(CC[C@@H](NS(N)(=O)=O)C3)Cc3ccccc32)ccc1NC(=O)c1cc(F)ccc1Cl. The first-order valence-corrected chi connectivity index (χ1v) is 15.0. The van der Waals surface area contributed by atoms with Gasteiger partial charge < -0.3 is 15.0 Å². The van der Waals surface area contributed by atoms with E-state index >= 15 is 0 Å². The average molecular weight is 601 g/mol. The number of ether oxygens (including phenoxy) is 1. The number of nitrogens with one attached hydrogen (secondary N) is 2. The minimum absolute atomic E-state index is 0.0302. The van der Waals surface area contributed by atoms with Crippen LogP contribution in [0.2, 0.25) is 5.02 Å². The Morgan fingerprint density at radius 3 is 2.66 bits per heavy atom. The van der Waals surface area contributed by atoms with E-state index in [-0.39, 0.29) is 33.7 Å². The number of carbonyl (C=O) groups excluding carboxylic acids is 2. The number of halogens is 2. The van der Waals surface area contributed by atoms with E-state index in [1.165, 1.54) is 13.2 Å². The van der Waals surface area contributed by atoms with Crippen molar-refractivity contribution in [3.63, 3.8) is 0 Å². The number of benzene rings is 3. The quantitative estimate of drug-likeness (QED) is 0.379. The van der Waals surface area contributed by atoms with Crippen molar-refractivity contribution in [3.8, 4) is 5.75 Å². The molecule has 0 radical (unpaired) electrons. The van der Waals surface area contributed by atoms with Crippen molar-refractivity contribution in [2.75, 3.05) is 23.9 Å². The number of amides is 2. The first-order chi connectivity index (χ1) is 19.5. The molecular formula is C29H30ClFN4O5S. The average Bonchev–Trinajstić information content (AvgIpc) is 3.22. The maximum absolute atomic E-state index is 13.9. The van der Waals surface area contributed by atoms with E-state index in [1.54, 1.807) is 23.1 Å². The normalized spacial score (nSPS) is 20.4. The lowest BCUT2D eigenvalue weighted by Crippen LogP contribution is -2.39. The third-order valence-electron chi connectivity index (χ3n) is 7.86. The van der Waals surface area contributed by atoms with Gasteiger partial charge in [0.15, 0.2) is 0 Å². The second kappa shape index (κ2) is 11.4. The Labute approximate surface area is 243 Å². The third-order valence-corrected chi connectivity index (χ3v) is 8.85. The molecule has 4 N–H and O–H groups in total. The zero-order valence-corrected chi connectivity index (χ0v) is 23.9. The summed E-state index contributed by atoms with van der Waals surface area (Å²) >= 11 is 6.07. The van der Waals surface area contributed by atoms with Crippen LogP contribution in [-0.2, 0) is 16.6 Å². The van der Waals surface area contributed by atoms with Gasteiger partial charge >= 0.3 is 0 Å². The summed E-state index contributed by atoms with van der Waals surface area (Å²) in [6, 6.07) is 15.7. The van der Waals surface area contributed by atoms with Crippen molar-refractivity contribution >= 4 is 45.0 Å². The molecule has 1 spiro atoms. The number of para-hydroxylation sites is 1. The summed E-state index contributed by atoms with van der Waals surface area (Å²) in [7, 11) is -2.38. The molecule has 216 valence electrons. The zero-order valence-electron chi connectivity index (χ0n) is 22.3. The second-order valence-corrected chi connectivity index (χ2v) is 12.3. The van der Waals surface area contributed by atoms with Crippen LogP contribution in [0.4, 0.5) is 15.8 Å². The fraction of sp³-hybridized carbons (Fsp3) is 0.310. The molecule has 2 aliphatic rings. The van der Waals surface area contributed by atoms with E-state index in [0.29, 0.717) is 43.5 Å². The highest BCUT2D eigenvalue weighted by atomic mass is 35.5. The molecule has 0 aromatic heterocycles. The summed E-state index contributed by atoms with van der Waals surface area (Å²) in [6.07, 6.45) is 3.53. The summed E-state index contributed by atoms with van der Waals surface area (Å²) in [6.45, 7) is 0.441. The van der Waals surface area contributed by atoms with E-state index in [0.717, 1.165) is 29.8 Å². The van der Waals surface area contributed by atoms with Crippen LogP contribution in [0.3, 0.4) is 0 Å². The first-order valence-electron chi connectivity index (χ1n) is 13.1. The van der Waals surface area contributed by atoms with Gasteiger partial charge in [0.2, 0.25) is 0 Å². The molecule has 1 heterocycles. The smallest absolute Gasteiger partial charge is 0.274 e. The van der Waals surface area contributed by atoms with Crippen molar-refractivity contribution < 1.29 is 27.1 Å². The Morgan fingerprint density at radius 1 is 1.12 bits per heavy atom. The number of nitrogens with zero attached hydrogens (tertiary/aromatic N) is 1. The van der Waals surface area contributed by atoms with Crippen LogP contribution >= 0.6 is 11.6 Å². The van der Waals surface area contributed by atoms with Crippen LogP contribution in [0.1, 0.15) is 52.0 Å². The highest BCUT2D eigenvalue weighted by Crippen LogP contribution is 2.47. The van der Waals surface area contributed by atoms with Crippen molar-refractivity contribution in [3.05, 3.63) is 88.2 Å². The molecule has 1 aliphatic heterocycles. The number of nitrogens with two attached hydrogens (primary N) is 1. The molecule has 12 heteroatoms. The number of hydrogen-bond acceptors (Lipinski definition) is 5. The second-order valence-electron chi connectivity index (χ2n) is 10.6. The van der Waals surface area contributed by atoms with Gasteiger partial charge in [-0.2, -0.15) is 13.1 Å². The molecule has 0 unspecified atom stereocenters.